The summed E-state index contributed by atoms with van der Waals surface area (Å²) in [5.74, 6) is 0. The van der Waals surface area contributed by atoms with Gasteiger partial charge >= 0.3 is 0 Å². The lowest BCUT2D eigenvalue weighted by Crippen LogP contribution is -2.06. The first kappa shape index (κ1) is 24.9. The highest BCUT2D eigenvalue weighted by molar-refractivity contribution is 4.46. The fourth-order valence-electron chi connectivity index (χ4n) is 2.95. The Bertz CT molecular complexity index is 199. The Morgan fingerprint density at radius 2 is 0.760 bits per heavy atom. The summed E-state index contributed by atoms with van der Waals surface area (Å²) in [6, 6.07) is 0. The fourth-order valence-corrected chi connectivity index (χ4v) is 2.95. The molecule has 0 atom stereocenters. The highest BCUT2D eigenvalue weighted by atomic mass is 17.2. The SMILES string of the molecule is CCCCCCCCCCOCCOOCCCCCCCCCC. The van der Waals surface area contributed by atoms with Crippen LogP contribution in [0.25, 0.3) is 0 Å². The maximum atomic E-state index is 5.57. The zero-order valence-corrected chi connectivity index (χ0v) is 17.4. The van der Waals surface area contributed by atoms with Crippen molar-refractivity contribution < 1.29 is 14.5 Å². The molecule has 0 saturated heterocycles. The zero-order valence-electron chi connectivity index (χ0n) is 17.4. The molecule has 25 heavy (non-hydrogen) atoms. The smallest absolute Gasteiger partial charge is 0.106 e. The lowest BCUT2D eigenvalue weighted by molar-refractivity contribution is -0.299. The second kappa shape index (κ2) is 23.9. The van der Waals surface area contributed by atoms with Crippen molar-refractivity contribution in [1.29, 1.82) is 0 Å². The zero-order chi connectivity index (χ0) is 18.3. The van der Waals surface area contributed by atoms with Crippen LogP contribution in [0.3, 0.4) is 0 Å². The summed E-state index contributed by atoms with van der Waals surface area (Å²) >= 11 is 0. The number of hydrogen-bond acceptors (Lipinski definition) is 3. The lowest BCUT2D eigenvalue weighted by Gasteiger charge is -2.06. The standard InChI is InChI=1S/C22H46O3/c1-3-5-7-9-11-13-15-17-19-23-21-22-25-24-20-18-16-14-12-10-8-6-4-2/h3-22H2,1-2H3. The molecular formula is C22H46O3. The largest absolute Gasteiger partial charge is 0.379 e. The van der Waals surface area contributed by atoms with Crippen molar-refractivity contribution in [2.75, 3.05) is 26.4 Å². The minimum Gasteiger partial charge on any atom is -0.379 e. The van der Waals surface area contributed by atoms with Crippen molar-refractivity contribution in [1.82, 2.24) is 0 Å². The van der Waals surface area contributed by atoms with Gasteiger partial charge in [-0.25, -0.2) is 9.78 Å². The molecule has 0 spiro atoms. The molecule has 0 heterocycles. The van der Waals surface area contributed by atoms with Gasteiger partial charge in [0.2, 0.25) is 0 Å². The molecule has 0 N–H and O–H groups in total. The van der Waals surface area contributed by atoms with Gasteiger partial charge in [0.05, 0.1) is 13.2 Å². The molecule has 0 unspecified atom stereocenters. The first-order valence-electron chi connectivity index (χ1n) is 11.2. The Balaban J connectivity index is 2.94. The Labute approximate surface area is 158 Å². The van der Waals surface area contributed by atoms with E-state index < -0.39 is 0 Å². The molecule has 3 nitrogen and oxygen atoms in total. The van der Waals surface area contributed by atoms with Gasteiger partial charge in [0, 0.05) is 6.61 Å². The molecule has 0 fully saturated rings. The average Bonchev–Trinajstić information content (AvgIpc) is 2.63. The van der Waals surface area contributed by atoms with E-state index in [1.165, 1.54) is 96.3 Å². The Hall–Kier alpha value is -0.120. The maximum absolute atomic E-state index is 5.57. The van der Waals surface area contributed by atoms with Crippen molar-refractivity contribution in [3.63, 3.8) is 0 Å². The monoisotopic (exact) mass is 358 g/mol. The second-order valence-corrected chi connectivity index (χ2v) is 7.21. The van der Waals surface area contributed by atoms with E-state index in [2.05, 4.69) is 13.8 Å². The first-order chi connectivity index (χ1) is 12.4. The van der Waals surface area contributed by atoms with Crippen LogP contribution in [0, 0.1) is 0 Å². The Morgan fingerprint density at radius 1 is 0.360 bits per heavy atom. The van der Waals surface area contributed by atoms with E-state index in [0.717, 1.165) is 13.0 Å². The van der Waals surface area contributed by atoms with Crippen LogP contribution < -0.4 is 0 Å². The molecule has 0 saturated carbocycles. The van der Waals surface area contributed by atoms with E-state index >= 15 is 0 Å². The molecule has 0 aliphatic carbocycles. The van der Waals surface area contributed by atoms with Gasteiger partial charge in [-0.05, 0) is 12.8 Å². The van der Waals surface area contributed by atoms with Crippen LogP contribution in [0.15, 0.2) is 0 Å². The van der Waals surface area contributed by atoms with Crippen LogP contribution in [0.4, 0.5) is 0 Å². The second-order valence-electron chi connectivity index (χ2n) is 7.21. The molecule has 3 heteroatoms. The van der Waals surface area contributed by atoms with Crippen LogP contribution in [0.5, 0.6) is 0 Å². The minimum absolute atomic E-state index is 0.550. The minimum atomic E-state index is 0.550. The van der Waals surface area contributed by atoms with Gasteiger partial charge in [-0.15, -0.1) is 0 Å². The molecule has 0 aliphatic rings. The van der Waals surface area contributed by atoms with Gasteiger partial charge < -0.3 is 4.74 Å². The first-order valence-corrected chi connectivity index (χ1v) is 11.2. The van der Waals surface area contributed by atoms with Crippen molar-refractivity contribution in [3.05, 3.63) is 0 Å². The van der Waals surface area contributed by atoms with Crippen molar-refractivity contribution in [2.45, 2.75) is 117 Å². The summed E-state index contributed by atoms with van der Waals surface area (Å²) in [6.45, 7) is 7.30. The predicted octanol–water partition coefficient (Wildman–Crippen LogP) is 7.23. The normalized spacial score (nSPS) is 11.3. The summed E-state index contributed by atoms with van der Waals surface area (Å²) < 4.78 is 5.57. The molecule has 0 bridgehead atoms. The predicted molar refractivity (Wildman–Crippen MR) is 108 cm³/mol. The maximum Gasteiger partial charge on any atom is 0.106 e. The van der Waals surface area contributed by atoms with E-state index in [9.17, 15) is 0 Å². The van der Waals surface area contributed by atoms with Crippen LogP contribution in [0.2, 0.25) is 0 Å². The number of rotatable bonds is 22. The van der Waals surface area contributed by atoms with E-state index in [1.807, 2.05) is 0 Å². The third-order valence-corrected chi connectivity index (χ3v) is 4.62. The Kier molecular flexibility index (Phi) is 23.8. The number of hydrogen-bond donors (Lipinski definition) is 0. The van der Waals surface area contributed by atoms with Gasteiger partial charge in [-0.1, -0.05) is 104 Å². The van der Waals surface area contributed by atoms with Crippen LogP contribution in [0.1, 0.15) is 117 Å². The molecule has 152 valence electrons. The quantitative estimate of drug-likeness (QED) is 0.116. The molecular weight excluding hydrogens is 312 g/mol. The van der Waals surface area contributed by atoms with E-state index in [0.29, 0.717) is 19.8 Å². The summed E-state index contributed by atoms with van der Waals surface area (Å²) in [6.07, 6.45) is 21.3. The molecule has 0 radical (unpaired) electrons. The molecule has 0 aromatic heterocycles. The average molecular weight is 359 g/mol. The van der Waals surface area contributed by atoms with Crippen molar-refractivity contribution in [2.24, 2.45) is 0 Å². The van der Waals surface area contributed by atoms with Crippen LogP contribution in [-0.4, -0.2) is 26.4 Å². The third kappa shape index (κ3) is 23.9. The summed E-state index contributed by atoms with van der Waals surface area (Å²) in [7, 11) is 0. The summed E-state index contributed by atoms with van der Waals surface area (Å²) in [5, 5.41) is 0. The summed E-state index contributed by atoms with van der Waals surface area (Å²) in [4.78, 5) is 10.3. The van der Waals surface area contributed by atoms with Crippen LogP contribution >= 0.6 is 0 Å². The molecule has 0 aromatic carbocycles. The van der Waals surface area contributed by atoms with Gasteiger partial charge in [-0.3, -0.25) is 0 Å². The van der Waals surface area contributed by atoms with Crippen molar-refractivity contribution in [3.8, 4) is 0 Å². The molecule has 0 rings (SSSR count). The van der Waals surface area contributed by atoms with E-state index in [-0.39, 0.29) is 0 Å². The number of ether oxygens (including phenoxy) is 1. The molecule has 0 aromatic rings. The van der Waals surface area contributed by atoms with Gasteiger partial charge in [-0.2, -0.15) is 0 Å². The fraction of sp³-hybridized carbons (Fsp3) is 1.00. The van der Waals surface area contributed by atoms with Gasteiger partial charge in [0.25, 0.3) is 0 Å². The topological polar surface area (TPSA) is 27.7 Å². The van der Waals surface area contributed by atoms with Crippen LogP contribution in [-0.2, 0) is 14.5 Å². The van der Waals surface area contributed by atoms with E-state index in [4.69, 9.17) is 14.5 Å². The lowest BCUT2D eigenvalue weighted by atomic mass is 10.1. The van der Waals surface area contributed by atoms with Gasteiger partial charge in [0.15, 0.2) is 0 Å². The number of unbranched alkanes of at least 4 members (excludes halogenated alkanes) is 14. The van der Waals surface area contributed by atoms with E-state index in [1.54, 1.807) is 0 Å². The Morgan fingerprint density at radius 3 is 1.28 bits per heavy atom. The summed E-state index contributed by atoms with van der Waals surface area (Å²) in [5.41, 5.74) is 0. The van der Waals surface area contributed by atoms with Gasteiger partial charge in [0.1, 0.15) is 6.61 Å². The third-order valence-electron chi connectivity index (χ3n) is 4.62. The molecule has 0 amide bonds. The van der Waals surface area contributed by atoms with Crippen molar-refractivity contribution >= 4 is 0 Å². The highest BCUT2D eigenvalue weighted by Crippen LogP contribution is 2.09. The molecule has 0 aliphatic heterocycles. The highest BCUT2D eigenvalue weighted by Gasteiger charge is 1.95.